The van der Waals surface area contributed by atoms with Gasteiger partial charge in [-0.25, -0.2) is 4.98 Å². The van der Waals surface area contributed by atoms with Crippen molar-refractivity contribution in [2.24, 2.45) is 0 Å². The molecule has 0 radical (unpaired) electrons. The van der Waals surface area contributed by atoms with Crippen LogP contribution in [0.2, 0.25) is 0 Å². The van der Waals surface area contributed by atoms with Gasteiger partial charge in [0.25, 0.3) is 0 Å². The number of hydrogen-bond acceptors (Lipinski definition) is 6. The average molecular weight is 432 g/mol. The minimum absolute atomic E-state index is 0.457. The van der Waals surface area contributed by atoms with E-state index in [-0.39, 0.29) is 0 Å². The van der Waals surface area contributed by atoms with E-state index in [9.17, 15) is 0 Å². The second kappa shape index (κ2) is 6.90. The van der Waals surface area contributed by atoms with Crippen LogP contribution in [0.3, 0.4) is 0 Å². The number of hydrogen-bond donors (Lipinski definition) is 3. The van der Waals surface area contributed by atoms with Gasteiger partial charge < -0.3 is 15.6 Å². The molecule has 0 atom stereocenters. The van der Waals surface area contributed by atoms with Crippen LogP contribution in [0.25, 0.3) is 22.1 Å². The van der Waals surface area contributed by atoms with E-state index in [0.29, 0.717) is 17.4 Å². The molecule has 0 aliphatic rings. The number of benzene rings is 2. The van der Waals surface area contributed by atoms with Crippen molar-refractivity contribution in [1.82, 2.24) is 24.9 Å². The van der Waals surface area contributed by atoms with Gasteiger partial charge in [0.1, 0.15) is 5.52 Å². The van der Waals surface area contributed by atoms with E-state index in [4.69, 9.17) is 0 Å². The Hall–Kier alpha value is -3.52. The number of rotatable bonds is 4. The van der Waals surface area contributed by atoms with Crippen LogP contribution in [0.1, 0.15) is 0 Å². The van der Waals surface area contributed by atoms with Gasteiger partial charge in [0.2, 0.25) is 5.95 Å². The summed E-state index contributed by atoms with van der Waals surface area (Å²) in [6.45, 7) is 0. The highest BCUT2D eigenvalue weighted by Gasteiger charge is 2.11. The van der Waals surface area contributed by atoms with Crippen molar-refractivity contribution in [2.45, 2.75) is 0 Å². The standard InChI is InChI=1S/C20H14BrN7/c21-13-5-7-14(8-6-13)26-20-27-18-17(23-11-24-18)19(28-20)25-15-9-12-3-1-2-4-16(12)22-10-15/h1-11H,(H3,23,24,25,26,27,28). The lowest BCUT2D eigenvalue weighted by molar-refractivity contribution is 1.19. The van der Waals surface area contributed by atoms with E-state index < -0.39 is 0 Å². The fraction of sp³-hybridized carbons (Fsp3) is 0. The second-order valence-electron chi connectivity index (χ2n) is 6.17. The molecule has 0 bridgehead atoms. The maximum absolute atomic E-state index is 4.62. The molecule has 0 unspecified atom stereocenters. The number of aromatic nitrogens is 5. The van der Waals surface area contributed by atoms with Gasteiger partial charge in [0.05, 0.1) is 23.7 Å². The van der Waals surface area contributed by atoms with Crippen LogP contribution in [-0.2, 0) is 0 Å². The first-order valence-corrected chi connectivity index (χ1v) is 9.39. The summed E-state index contributed by atoms with van der Waals surface area (Å²) in [6, 6.07) is 17.8. The normalized spacial score (nSPS) is 11.0. The van der Waals surface area contributed by atoms with Crippen LogP contribution in [-0.4, -0.2) is 24.9 Å². The monoisotopic (exact) mass is 431 g/mol. The summed E-state index contributed by atoms with van der Waals surface area (Å²) in [6.07, 6.45) is 3.39. The zero-order chi connectivity index (χ0) is 18.9. The topological polar surface area (TPSA) is 91.4 Å². The number of imidazole rings is 1. The number of nitrogens with zero attached hydrogens (tertiary/aromatic N) is 4. The third kappa shape index (κ3) is 3.25. The van der Waals surface area contributed by atoms with Gasteiger partial charge in [-0.2, -0.15) is 9.97 Å². The molecule has 5 rings (SSSR count). The van der Waals surface area contributed by atoms with Crippen LogP contribution in [0.5, 0.6) is 0 Å². The van der Waals surface area contributed by atoms with E-state index in [0.717, 1.165) is 32.3 Å². The molecule has 7 nitrogen and oxygen atoms in total. The molecule has 0 aliphatic heterocycles. The van der Waals surface area contributed by atoms with Gasteiger partial charge in [0.15, 0.2) is 11.5 Å². The first kappa shape index (κ1) is 16.6. The number of anilines is 4. The maximum Gasteiger partial charge on any atom is 0.231 e. The molecule has 8 heteroatoms. The smallest absolute Gasteiger partial charge is 0.231 e. The first-order chi connectivity index (χ1) is 13.7. The summed E-state index contributed by atoms with van der Waals surface area (Å²) in [5.41, 5.74) is 3.97. The summed E-state index contributed by atoms with van der Waals surface area (Å²) >= 11 is 3.43. The Kier molecular flexibility index (Phi) is 4.10. The number of halogens is 1. The van der Waals surface area contributed by atoms with Crippen molar-refractivity contribution in [3.8, 4) is 0 Å². The van der Waals surface area contributed by atoms with E-state index in [1.807, 2.05) is 54.6 Å². The Morgan fingerprint density at radius 2 is 1.71 bits per heavy atom. The van der Waals surface area contributed by atoms with Crippen LogP contribution < -0.4 is 10.6 Å². The third-order valence-corrected chi connectivity index (χ3v) is 4.77. The molecule has 136 valence electrons. The van der Waals surface area contributed by atoms with Crippen molar-refractivity contribution in [3.05, 3.63) is 71.6 Å². The lowest BCUT2D eigenvalue weighted by Crippen LogP contribution is -2.02. The highest BCUT2D eigenvalue weighted by molar-refractivity contribution is 9.10. The van der Waals surface area contributed by atoms with Gasteiger partial charge >= 0.3 is 0 Å². The number of para-hydroxylation sites is 1. The van der Waals surface area contributed by atoms with Crippen LogP contribution in [0, 0.1) is 0 Å². The Morgan fingerprint density at radius 1 is 0.857 bits per heavy atom. The van der Waals surface area contributed by atoms with Crippen molar-refractivity contribution in [3.63, 3.8) is 0 Å². The van der Waals surface area contributed by atoms with Gasteiger partial charge in [-0.3, -0.25) is 4.98 Å². The summed E-state index contributed by atoms with van der Waals surface area (Å²) in [7, 11) is 0. The number of aromatic amines is 1. The molecule has 3 aromatic heterocycles. The van der Waals surface area contributed by atoms with Crippen molar-refractivity contribution >= 4 is 61.1 Å². The molecule has 0 saturated heterocycles. The summed E-state index contributed by atoms with van der Waals surface area (Å²) in [5, 5.41) is 7.60. The second-order valence-corrected chi connectivity index (χ2v) is 7.09. The first-order valence-electron chi connectivity index (χ1n) is 8.60. The predicted octanol–water partition coefficient (Wildman–Crippen LogP) is 5.15. The molecular formula is C20H14BrN7. The predicted molar refractivity (Wildman–Crippen MR) is 114 cm³/mol. The molecule has 0 fully saturated rings. The molecule has 0 amide bonds. The minimum atomic E-state index is 0.457. The highest BCUT2D eigenvalue weighted by Crippen LogP contribution is 2.26. The zero-order valence-corrected chi connectivity index (χ0v) is 16.1. The largest absolute Gasteiger partial charge is 0.340 e. The van der Waals surface area contributed by atoms with E-state index in [1.165, 1.54) is 0 Å². The van der Waals surface area contributed by atoms with E-state index in [1.54, 1.807) is 12.5 Å². The summed E-state index contributed by atoms with van der Waals surface area (Å²) in [4.78, 5) is 21.0. The number of H-pyrrole nitrogens is 1. The fourth-order valence-electron chi connectivity index (χ4n) is 2.92. The van der Waals surface area contributed by atoms with Crippen LogP contribution >= 0.6 is 15.9 Å². The van der Waals surface area contributed by atoms with E-state index in [2.05, 4.69) is 51.5 Å². The summed E-state index contributed by atoms with van der Waals surface area (Å²) < 4.78 is 1.01. The van der Waals surface area contributed by atoms with Gasteiger partial charge in [-0.1, -0.05) is 34.1 Å². The molecule has 0 saturated carbocycles. The zero-order valence-electron chi connectivity index (χ0n) is 14.5. The Labute approximate surface area is 168 Å². The lowest BCUT2D eigenvalue weighted by atomic mass is 10.2. The molecule has 3 N–H and O–H groups in total. The third-order valence-electron chi connectivity index (χ3n) is 4.24. The molecular weight excluding hydrogens is 418 g/mol. The van der Waals surface area contributed by atoms with E-state index >= 15 is 0 Å². The number of fused-ring (bicyclic) bond motifs is 2. The molecule has 5 aromatic rings. The molecule has 28 heavy (non-hydrogen) atoms. The minimum Gasteiger partial charge on any atom is -0.340 e. The highest BCUT2D eigenvalue weighted by atomic mass is 79.9. The Morgan fingerprint density at radius 3 is 2.61 bits per heavy atom. The van der Waals surface area contributed by atoms with Crippen molar-refractivity contribution < 1.29 is 0 Å². The van der Waals surface area contributed by atoms with Crippen molar-refractivity contribution in [2.75, 3.05) is 10.6 Å². The van der Waals surface area contributed by atoms with Gasteiger partial charge in [0, 0.05) is 15.5 Å². The Balaban J connectivity index is 1.52. The van der Waals surface area contributed by atoms with Crippen LogP contribution in [0.15, 0.2) is 71.6 Å². The van der Waals surface area contributed by atoms with Gasteiger partial charge in [-0.15, -0.1) is 0 Å². The van der Waals surface area contributed by atoms with Crippen LogP contribution in [0.4, 0.5) is 23.1 Å². The molecule has 3 heterocycles. The summed E-state index contributed by atoms with van der Waals surface area (Å²) in [5.74, 6) is 1.08. The number of pyridine rings is 1. The van der Waals surface area contributed by atoms with Gasteiger partial charge in [-0.05, 0) is 36.4 Å². The molecule has 0 aliphatic carbocycles. The average Bonchev–Trinajstić information content (AvgIpc) is 3.19. The maximum atomic E-state index is 4.62. The fourth-order valence-corrected chi connectivity index (χ4v) is 3.18. The lowest BCUT2D eigenvalue weighted by Gasteiger charge is -2.10. The molecule has 0 spiro atoms. The van der Waals surface area contributed by atoms with Crippen molar-refractivity contribution in [1.29, 1.82) is 0 Å². The molecule has 2 aromatic carbocycles. The number of nitrogens with one attached hydrogen (secondary N) is 3. The Bertz CT molecular complexity index is 1280. The SMILES string of the molecule is Brc1ccc(Nc2nc(Nc3cnc4ccccc4c3)c3[nH]cnc3n2)cc1. The quantitative estimate of drug-likeness (QED) is 0.364.